The first-order valence-corrected chi connectivity index (χ1v) is 7.09. The van der Waals surface area contributed by atoms with E-state index in [1.807, 2.05) is 12.4 Å². The summed E-state index contributed by atoms with van der Waals surface area (Å²) < 4.78 is 0. The van der Waals surface area contributed by atoms with Gasteiger partial charge in [-0.2, -0.15) is 0 Å². The SMILES string of the molecule is CCN(Cc1cnccc1C)C1CCCC1CN. The molecule has 1 aromatic rings. The van der Waals surface area contributed by atoms with Crippen molar-refractivity contribution in [3.63, 3.8) is 0 Å². The van der Waals surface area contributed by atoms with Gasteiger partial charge in [0.2, 0.25) is 0 Å². The summed E-state index contributed by atoms with van der Waals surface area (Å²) in [7, 11) is 0. The van der Waals surface area contributed by atoms with Crippen molar-refractivity contribution in [1.29, 1.82) is 0 Å². The number of nitrogens with two attached hydrogens (primary N) is 1. The first-order chi connectivity index (χ1) is 8.76. The van der Waals surface area contributed by atoms with Gasteiger partial charge >= 0.3 is 0 Å². The number of hydrogen-bond acceptors (Lipinski definition) is 3. The van der Waals surface area contributed by atoms with E-state index in [0.29, 0.717) is 12.0 Å². The monoisotopic (exact) mass is 247 g/mol. The van der Waals surface area contributed by atoms with Crippen LogP contribution in [0.2, 0.25) is 0 Å². The summed E-state index contributed by atoms with van der Waals surface area (Å²) in [5.74, 6) is 0.682. The first-order valence-electron chi connectivity index (χ1n) is 7.09. The minimum Gasteiger partial charge on any atom is -0.330 e. The van der Waals surface area contributed by atoms with Gasteiger partial charge in [0, 0.05) is 25.0 Å². The Balaban J connectivity index is 2.07. The molecule has 1 heterocycles. The molecule has 2 rings (SSSR count). The molecule has 3 nitrogen and oxygen atoms in total. The standard InChI is InChI=1S/C15H25N3/c1-3-18(15-6-4-5-13(15)9-16)11-14-10-17-8-7-12(14)2/h7-8,10,13,15H,3-6,9,11,16H2,1-2H3. The molecule has 3 heteroatoms. The smallest absolute Gasteiger partial charge is 0.0315 e. The topological polar surface area (TPSA) is 42.2 Å². The van der Waals surface area contributed by atoms with Gasteiger partial charge in [0.05, 0.1) is 0 Å². The van der Waals surface area contributed by atoms with Crippen LogP contribution in [-0.4, -0.2) is 29.0 Å². The lowest BCUT2D eigenvalue weighted by Crippen LogP contribution is -2.39. The quantitative estimate of drug-likeness (QED) is 0.868. The molecule has 0 radical (unpaired) electrons. The van der Waals surface area contributed by atoms with Crippen LogP contribution in [0.4, 0.5) is 0 Å². The lowest BCUT2D eigenvalue weighted by Gasteiger charge is -2.32. The zero-order valence-corrected chi connectivity index (χ0v) is 11.6. The van der Waals surface area contributed by atoms with Gasteiger partial charge < -0.3 is 5.73 Å². The van der Waals surface area contributed by atoms with Crippen LogP contribution in [0.3, 0.4) is 0 Å². The largest absolute Gasteiger partial charge is 0.330 e. The van der Waals surface area contributed by atoms with E-state index in [4.69, 9.17) is 5.73 Å². The number of rotatable bonds is 5. The van der Waals surface area contributed by atoms with Gasteiger partial charge in [0.15, 0.2) is 0 Å². The van der Waals surface area contributed by atoms with Crippen LogP contribution in [0, 0.1) is 12.8 Å². The molecule has 2 atom stereocenters. The summed E-state index contributed by atoms with van der Waals surface area (Å²) in [6.07, 6.45) is 7.80. The number of aryl methyl sites for hydroxylation is 1. The maximum absolute atomic E-state index is 5.90. The van der Waals surface area contributed by atoms with Gasteiger partial charge in [-0.25, -0.2) is 0 Å². The summed E-state index contributed by atoms with van der Waals surface area (Å²) in [5.41, 5.74) is 8.59. The van der Waals surface area contributed by atoms with Crippen molar-refractivity contribution in [2.75, 3.05) is 13.1 Å². The second-order valence-corrected chi connectivity index (χ2v) is 5.36. The summed E-state index contributed by atoms with van der Waals surface area (Å²) in [5, 5.41) is 0. The minimum absolute atomic E-state index is 0.666. The van der Waals surface area contributed by atoms with E-state index in [1.165, 1.54) is 30.4 Å². The van der Waals surface area contributed by atoms with Gasteiger partial charge in [0.25, 0.3) is 0 Å². The van der Waals surface area contributed by atoms with Crippen LogP contribution in [-0.2, 0) is 6.54 Å². The van der Waals surface area contributed by atoms with Gasteiger partial charge in [-0.3, -0.25) is 9.88 Å². The second-order valence-electron chi connectivity index (χ2n) is 5.36. The first kappa shape index (κ1) is 13.5. The molecule has 0 bridgehead atoms. The lowest BCUT2D eigenvalue weighted by atomic mass is 10.0. The fraction of sp³-hybridized carbons (Fsp3) is 0.667. The normalized spacial score (nSPS) is 23.8. The second kappa shape index (κ2) is 6.30. The molecule has 18 heavy (non-hydrogen) atoms. The summed E-state index contributed by atoms with van der Waals surface area (Å²) in [4.78, 5) is 6.83. The highest BCUT2D eigenvalue weighted by atomic mass is 15.2. The zero-order valence-electron chi connectivity index (χ0n) is 11.6. The van der Waals surface area contributed by atoms with Gasteiger partial charge in [-0.15, -0.1) is 0 Å². The van der Waals surface area contributed by atoms with Crippen LogP contribution in [0.15, 0.2) is 18.5 Å². The minimum atomic E-state index is 0.666. The van der Waals surface area contributed by atoms with Crippen molar-refractivity contribution >= 4 is 0 Å². The van der Waals surface area contributed by atoms with E-state index in [-0.39, 0.29) is 0 Å². The van der Waals surface area contributed by atoms with E-state index in [9.17, 15) is 0 Å². The third-order valence-corrected chi connectivity index (χ3v) is 4.32. The van der Waals surface area contributed by atoms with Crippen molar-refractivity contribution in [3.05, 3.63) is 29.6 Å². The molecule has 1 aliphatic rings. The Morgan fingerprint density at radius 2 is 2.28 bits per heavy atom. The molecule has 2 N–H and O–H groups in total. The molecule has 1 saturated carbocycles. The Hall–Kier alpha value is -0.930. The maximum atomic E-state index is 5.90. The van der Waals surface area contributed by atoms with E-state index in [0.717, 1.165) is 19.6 Å². The third-order valence-electron chi connectivity index (χ3n) is 4.32. The highest BCUT2D eigenvalue weighted by Gasteiger charge is 2.30. The molecular weight excluding hydrogens is 222 g/mol. The fourth-order valence-electron chi connectivity index (χ4n) is 3.12. The fourth-order valence-corrected chi connectivity index (χ4v) is 3.12. The van der Waals surface area contributed by atoms with Gasteiger partial charge in [-0.1, -0.05) is 13.3 Å². The highest BCUT2D eigenvalue weighted by molar-refractivity contribution is 5.21. The molecule has 0 spiro atoms. The Morgan fingerprint density at radius 3 is 2.94 bits per heavy atom. The predicted octanol–water partition coefficient (Wildman–Crippen LogP) is 2.34. The number of aromatic nitrogens is 1. The predicted molar refractivity (Wildman–Crippen MR) is 75.2 cm³/mol. The van der Waals surface area contributed by atoms with Crippen molar-refractivity contribution in [2.24, 2.45) is 11.7 Å². The number of nitrogens with zero attached hydrogens (tertiary/aromatic N) is 2. The number of pyridine rings is 1. The van der Waals surface area contributed by atoms with Crippen LogP contribution >= 0.6 is 0 Å². The van der Waals surface area contributed by atoms with Crippen LogP contribution in [0.25, 0.3) is 0 Å². The average molecular weight is 247 g/mol. The molecule has 1 fully saturated rings. The Bertz CT molecular complexity index is 378. The lowest BCUT2D eigenvalue weighted by molar-refractivity contribution is 0.162. The van der Waals surface area contributed by atoms with Crippen LogP contribution < -0.4 is 5.73 Å². The molecule has 100 valence electrons. The molecule has 0 aliphatic heterocycles. The molecule has 1 aliphatic carbocycles. The Morgan fingerprint density at radius 1 is 1.44 bits per heavy atom. The Labute approximate surface area is 110 Å². The Kier molecular flexibility index (Phi) is 4.72. The molecule has 0 saturated heterocycles. The average Bonchev–Trinajstić information content (AvgIpc) is 2.86. The summed E-state index contributed by atoms with van der Waals surface area (Å²) in [6.45, 7) is 7.34. The zero-order chi connectivity index (χ0) is 13.0. The summed E-state index contributed by atoms with van der Waals surface area (Å²) in [6, 6.07) is 2.76. The molecular formula is C15H25N3. The van der Waals surface area contributed by atoms with Gasteiger partial charge in [0.1, 0.15) is 0 Å². The molecule has 1 aromatic heterocycles. The van der Waals surface area contributed by atoms with Gasteiger partial charge in [-0.05, 0) is 56.0 Å². The van der Waals surface area contributed by atoms with Crippen LogP contribution in [0.1, 0.15) is 37.3 Å². The number of hydrogen-bond donors (Lipinski definition) is 1. The molecule has 0 amide bonds. The van der Waals surface area contributed by atoms with Crippen LogP contribution in [0.5, 0.6) is 0 Å². The van der Waals surface area contributed by atoms with Crippen molar-refractivity contribution in [2.45, 2.75) is 45.7 Å². The van der Waals surface area contributed by atoms with Crippen molar-refractivity contribution < 1.29 is 0 Å². The van der Waals surface area contributed by atoms with E-state index >= 15 is 0 Å². The van der Waals surface area contributed by atoms with E-state index in [2.05, 4.69) is 29.8 Å². The van der Waals surface area contributed by atoms with E-state index in [1.54, 1.807) is 0 Å². The summed E-state index contributed by atoms with van der Waals surface area (Å²) >= 11 is 0. The highest BCUT2D eigenvalue weighted by Crippen LogP contribution is 2.30. The van der Waals surface area contributed by atoms with Crippen molar-refractivity contribution in [1.82, 2.24) is 9.88 Å². The molecule has 0 aromatic carbocycles. The maximum Gasteiger partial charge on any atom is 0.0315 e. The van der Waals surface area contributed by atoms with Crippen molar-refractivity contribution in [3.8, 4) is 0 Å². The third kappa shape index (κ3) is 2.90. The molecule has 2 unspecified atom stereocenters. The van der Waals surface area contributed by atoms with E-state index < -0.39 is 0 Å².